The van der Waals surface area contributed by atoms with E-state index in [9.17, 15) is 5.11 Å². The number of rotatable bonds is 5. The molecule has 0 saturated heterocycles. The number of unbranched alkanes of at least 4 members (excludes halogenated alkanes) is 2. The Morgan fingerprint density at radius 1 is 0.773 bits per heavy atom. The third-order valence-electron chi connectivity index (χ3n) is 7.40. The van der Waals surface area contributed by atoms with Crippen molar-refractivity contribution in [3.05, 3.63) is 0 Å². The van der Waals surface area contributed by atoms with E-state index in [2.05, 4.69) is 6.92 Å². The third-order valence-corrected chi connectivity index (χ3v) is 7.40. The lowest BCUT2D eigenvalue weighted by Crippen LogP contribution is -2.39. The quantitative estimate of drug-likeness (QED) is 0.622. The second-order valence-corrected chi connectivity index (χ2v) is 8.76. The van der Waals surface area contributed by atoms with Gasteiger partial charge in [0, 0.05) is 0 Å². The topological polar surface area (TPSA) is 20.2 Å². The predicted molar refractivity (Wildman–Crippen MR) is 93.8 cm³/mol. The predicted octanol–water partition coefficient (Wildman–Crippen LogP) is 5.95. The highest BCUT2D eigenvalue weighted by molar-refractivity contribution is 4.91. The molecule has 0 amide bonds. The van der Waals surface area contributed by atoms with Crippen LogP contribution >= 0.6 is 0 Å². The van der Waals surface area contributed by atoms with E-state index in [0.29, 0.717) is 0 Å². The average molecular weight is 307 g/mol. The molecule has 3 aliphatic carbocycles. The Balaban J connectivity index is 1.49. The number of hydrogen-bond donors (Lipinski definition) is 1. The van der Waals surface area contributed by atoms with Gasteiger partial charge in [-0.3, -0.25) is 0 Å². The summed E-state index contributed by atoms with van der Waals surface area (Å²) in [6.45, 7) is 2.31. The normalized spacial score (nSPS) is 42.8. The monoisotopic (exact) mass is 306 g/mol. The first-order valence-corrected chi connectivity index (χ1v) is 10.5. The molecule has 0 radical (unpaired) electrons. The molecule has 0 aliphatic heterocycles. The SMILES string of the molecule is CCCCCC1CCC(C2CCCC3CCC(O)CC32)CC1. The molecule has 1 nitrogen and oxygen atoms in total. The second kappa shape index (κ2) is 8.18. The Kier molecular flexibility index (Phi) is 6.24. The summed E-state index contributed by atoms with van der Waals surface area (Å²) in [7, 11) is 0. The van der Waals surface area contributed by atoms with Gasteiger partial charge in [-0.05, 0) is 68.1 Å². The Morgan fingerprint density at radius 2 is 1.50 bits per heavy atom. The Hall–Kier alpha value is -0.0400. The molecule has 0 bridgehead atoms. The van der Waals surface area contributed by atoms with E-state index in [1.165, 1.54) is 77.0 Å². The van der Waals surface area contributed by atoms with Crippen molar-refractivity contribution in [2.75, 3.05) is 0 Å². The molecule has 0 aromatic rings. The minimum absolute atomic E-state index is 0.0206. The first kappa shape index (κ1) is 16.8. The molecule has 0 heterocycles. The Morgan fingerprint density at radius 3 is 2.27 bits per heavy atom. The van der Waals surface area contributed by atoms with Gasteiger partial charge in [-0.15, -0.1) is 0 Å². The lowest BCUT2D eigenvalue weighted by atomic mass is 9.59. The summed E-state index contributed by atoms with van der Waals surface area (Å²) in [5, 5.41) is 10.1. The molecule has 1 heteroatoms. The van der Waals surface area contributed by atoms with Crippen molar-refractivity contribution in [2.45, 2.75) is 103 Å². The van der Waals surface area contributed by atoms with E-state index in [1.54, 1.807) is 0 Å². The highest BCUT2D eigenvalue weighted by atomic mass is 16.3. The number of hydrogen-bond acceptors (Lipinski definition) is 1. The lowest BCUT2D eigenvalue weighted by Gasteiger charge is -2.47. The van der Waals surface area contributed by atoms with Crippen LogP contribution in [0, 0.1) is 29.6 Å². The summed E-state index contributed by atoms with van der Waals surface area (Å²) in [6, 6.07) is 0. The first-order chi connectivity index (χ1) is 10.8. The maximum atomic E-state index is 10.1. The van der Waals surface area contributed by atoms with Gasteiger partial charge in [0.1, 0.15) is 0 Å². The fraction of sp³-hybridized carbons (Fsp3) is 1.00. The van der Waals surface area contributed by atoms with E-state index in [-0.39, 0.29) is 6.10 Å². The summed E-state index contributed by atoms with van der Waals surface area (Å²) in [5.74, 6) is 4.84. The van der Waals surface area contributed by atoms with Crippen molar-refractivity contribution in [3.63, 3.8) is 0 Å². The van der Waals surface area contributed by atoms with E-state index in [4.69, 9.17) is 0 Å². The molecule has 4 unspecified atom stereocenters. The molecule has 3 rings (SSSR count). The molecule has 3 saturated carbocycles. The Labute approximate surface area is 138 Å². The molecule has 4 atom stereocenters. The van der Waals surface area contributed by atoms with Gasteiger partial charge in [-0.1, -0.05) is 58.3 Å². The van der Waals surface area contributed by atoms with Crippen LogP contribution in [-0.2, 0) is 0 Å². The van der Waals surface area contributed by atoms with Crippen LogP contribution in [0.1, 0.15) is 96.8 Å². The molecular weight excluding hydrogens is 268 g/mol. The van der Waals surface area contributed by atoms with Crippen molar-refractivity contribution < 1.29 is 5.11 Å². The van der Waals surface area contributed by atoms with Crippen molar-refractivity contribution >= 4 is 0 Å². The maximum Gasteiger partial charge on any atom is 0.0543 e. The summed E-state index contributed by atoms with van der Waals surface area (Å²) in [4.78, 5) is 0. The summed E-state index contributed by atoms with van der Waals surface area (Å²) >= 11 is 0. The zero-order valence-electron chi connectivity index (χ0n) is 14.8. The van der Waals surface area contributed by atoms with Gasteiger partial charge >= 0.3 is 0 Å². The van der Waals surface area contributed by atoms with Crippen LogP contribution in [0.5, 0.6) is 0 Å². The van der Waals surface area contributed by atoms with Crippen LogP contribution in [0.2, 0.25) is 0 Å². The molecule has 22 heavy (non-hydrogen) atoms. The average Bonchev–Trinajstić information content (AvgIpc) is 2.55. The van der Waals surface area contributed by atoms with E-state index >= 15 is 0 Å². The molecule has 3 fully saturated rings. The van der Waals surface area contributed by atoms with Gasteiger partial charge in [0.15, 0.2) is 0 Å². The molecule has 128 valence electrons. The van der Waals surface area contributed by atoms with Crippen LogP contribution in [0.25, 0.3) is 0 Å². The molecule has 1 N–H and O–H groups in total. The van der Waals surface area contributed by atoms with Crippen LogP contribution < -0.4 is 0 Å². The van der Waals surface area contributed by atoms with Gasteiger partial charge in [0.05, 0.1) is 6.10 Å². The van der Waals surface area contributed by atoms with E-state index in [0.717, 1.165) is 42.4 Å². The minimum atomic E-state index is 0.0206. The van der Waals surface area contributed by atoms with Crippen molar-refractivity contribution in [2.24, 2.45) is 29.6 Å². The van der Waals surface area contributed by atoms with Crippen molar-refractivity contribution in [1.82, 2.24) is 0 Å². The third kappa shape index (κ3) is 4.08. The molecule has 0 aromatic carbocycles. The smallest absolute Gasteiger partial charge is 0.0543 e. The van der Waals surface area contributed by atoms with Gasteiger partial charge in [0.25, 0.3) is 0 Å². The van der Waals surface area contributed by atoms with E-state index in [1.807, 2.05) is 0 Å². The van der Waals surface area contributed by atoms with Gasteiger partial charge in [-0.25, -0.2) is 0 Å². The highest BCUT2D eigenvalue weighted by Gasteiger charge is 2.41. The van der Waals surface area contributed by atoms with Crippen molar-refractivity contribution in [1.29, 1.82) is 0 Å². The van der Waals surface area contributed by atoms with E-state index < -0.39 is 0 Å². The number of fused-ring (bicyclic) bond motifs is 1. The molecule has 3 aliphatic rings. The largest absolute Gasteiger partial charge is 0.393 e. The zero-order valence-corrected chi connectivity index (χ0v) is 14.8. The minimum Gasteiger partial charge on any atom is -0.393 e. The van der Waals surface area contributed by atoms with Crippen LogP contribution in [0.15, 0.2) is 0 Å². The summed E-state index contributed by atoms with van der Waals surface area (Å²) in [5.41, 5.74) is 0. The number of aliphatic hydroxyl groups is 1. The second-order valence-electron chi connectivity index (χ2n) is 8.76. The van der Waals surface area contributed by atoms with Crippen LogP contribution in [0.4, 0.5) is 0 Å². The zero-order chi connectivity index (χ0) is 15.4. The fourth-order valence-electron chi connectivity index (χ4n) is 6.13. The highest BCUT2D eigenvalue weighted by Crippen LogP contribution is 2.50. The molecule has 0 aromatic heterocycles. The summed E-state index contributed by atoms with van der Waals surface area (Å²) < 4.78 is 0. The fourth-order valence-corrected chi connectivity index (χ4v) is 6.13. The van der Waals surface area contributed by atoms with Gasteiger partial charge in [-0.2, -0.15) is 0 Å². The molecule has 0 spiro atoms. The summed E-state index contributed by atoms with van der Waals surface area (Å²) in [6.07, 6.45) is 19.7. The van der Waals surface area contributed by atoms with Gasteiger partial charge < -0.3 is 5.11 Å². The van der Waals surface area contributed by atoms with Gasteiger partial charge in [0.2, 0.25) is 0 Å². The van der Waals surface area contributed by atoms with Crippen LogP contribution in [-0.4, -0.2) is 11.2 Å². The Bertz CT molecular complexity index is 318. The first-order valence-electron chi connectivity index (χ1n) is 10.5. The molecular formula is C21H38O. The number of aliphatic hydroxyl groups excluding tert-OH is 1. The van der Waals surface area contributed by atoms with Crippen molar-refractivity contribution in [3.8, 4) is 0 Å². The standard InChI is InChI=1S/C21H38O/c1-2-3-4-6-16-9-11-18(12-10-16)20-8-5-7-17-13-14-19(22)15-21(17)20/h16-22H,2-15H2,1H3. The van der Waals surface area contributed by atoms with Crippen LogP contribution in [0.3, 0.4) is 0 Å². The maximum absolute atomic E-state index is 10.1. The lowest BCUT2D eigenvalue weighted by molar-refractivity contribution is -0.00960.